The number of nitrogens with one attached hydrogen (secondary N) is 2. The second kappa shape index (κ2) is 5.48. The maximum Gasteiger partial charge on any atom is 0.265 e. The lowest BCUT2D eigenvalue weighted by molar-refractivity contribution is 0.0953. The number of nitrogen functional groups attached to an aromatic ring is 1. The Hall–Kier alpha value is -2.11. The molecule has 1 amide bonds. The minimum Gasteiger partial charge on any atom is -0.340 e. The zero-order valence-electron chi connectivity index (χ0n) is 9.35. The predicted octanol–water partition coefficient (Wildman–Crippen LogP) is 2.08. The molecule has 0 aliphatic rings. The standard InChI is InChI=1S/C12H11ClN4O/c13-9-1-3-10(4-2-9)16-11-7-8(5-6-15-11)12(18)17-14/h1-7H,14H2,(H,15,16)(H,17,18). The van der Waals surface area contributed by atoms with E-state index in [9.17, 15) is 4.79 Å². The van der Waals surface area contributed by atoms with E-state index in [4.69, 9.17) is 17.4 Å². The van der Waals surface area contributed by atoms with Gasteiger partial charge in [-0.25, -0.2) is 10.8 Å². The van der Waals surface area contributed by atoms with Crippen LogP contribution in [0.1, 0.15) is 10.4 Å². The van der Waals surface area contributed by atoms with Crippen LogP contribution in [0.25, 0.3) is 0 Å². The third kappa shape index (κ3) is 2.97. The molecule has 18 heavy (non-hydrogen) atoms. The van der Waals surface area contributed by atoms with E-state index in [1.165, 1.54) is 6.20 Å². The molecule has 92 valence electrons. The third-order valence-electron chi connectivity index (χ3n) is 2.27. The summed E-state index contributed by atoms with van der Waals surface area (Å²) in [7, 11) is 0. The molecule has 0 saturated carbocycles. The van der Waals surface area contributed by atoms with Crippen LogP contribution in [0.4, 0.5) is 11.5 Å². The Morgan fingerprint density at radius 3 is 2.61 bits per heavy atom. The predicted molar refractivity (Wildman–Crippen MR) is 70.6 cm³/mol. The SMILES string of the molecule is NNC(=O)c1ccnc(Nc2ccc(Cl)cc2)c1. The average molecular weight is 263 g/mol. The highest BCUT2D eigenvalue weighted by molar-refractivity contribution is 6.30. The number of hydrogen-bond donors (Lipinski definition) is 3. The Balaban J connectivity index is 2.19. The fourth-order valence-corrected chi connectivity index (χ4v) is 1.53. The van der Waals surface area contributed by atoms with Gasteiger partial charge in [0.15, 0.2) is 0 Å². The summed E-state index contributed by atoms with van der Waals surface area (Å²) in [5, 5.41) is 3.72. The number of rotatable bonds is 3. The van der Waals surface area contributed by atoms with Gasteiger partial charge in [0.25, 0.3) is 5.91 Å². The van der Waals surface area contributed by atoms with Gasteiger partial charge in [-0.05, 0) is 36.4 Å². The summed E-state index contributed by atoms with van der Waals surface area (Å²) >= 11 is 5.79. The number of pyridine rings is 1. The van der Waals surface area contributed by atoms with Crippen molar-refractivity contribution in [3.05, 3.63) is 53.2 Å². The van der Waals surface area contributed by atoms with Crippen LogP contribution in [0.15, 0.2) is 42.6 Å². The highest BCUT2D eigenvalue weighted by Gasteiger charge is 2.04. The molecule has 0 bridgehead atoms. The van der Waals surface area contributed by atoms with Crippen LogP contribution >= 0.6 is 11.6 Å². The number of hydrogen-bond acceptors (Lipinski definition) is 4. The second-order valence-electron chi connectivity index (χ2n) is 3.54. The van der Waals surface area contributed by atoms with Crippen LogP contribution in [-0.4, -0.2) is 10.9 Å². The van der Waals surface area contributed by atoms with Crippen LogP contribution in [0, 0.1) is 0 Å². The van der Waals surface area contributed by atoms with E-state index in [1.54, 1.807) is 24.3 Å². The summed E-state index contributed by atoms with van der Waals surface area (Å²) in [5.41, 5.74) is 3.33. The van der Waals surface area contributed by atoms with Crippen molar-refractivity contribution in [2.45, 2.75) is 0 Å². The molecule has 2 aromatic rings. The van der Waals surface area contributed by atoms with Gasteiger partial charge in [-0.2, -0.15) is 0 Å². The summed E-state index contributed by atoms with van der Waals surface area (Å²) in [6, 6.07) is 10.4. The van der Waals surface area contributed by atoms with Crippen molar-refractivity contribution in [2.24, 2.45) is 5.84 Å². The summed E-state index contributed by atoms with van der Waals surface area (Å²) in [5.74, 6) is 5.26. The Bertz CT molecular complexity index is 556. The number of amides is 1. The molecule has 1 aromatic carbocycles. The van der Waals surface area contributed by atoms with E-state index in [0.717, 1.165) is 5.69 Å². The van der Waals surface area contributed by atoms with Crippen LogP contribution in [-0.2, 0) is 0 Å². The van der Waals surface area contributed by atoms with Crippen molar-refractivity contribution in [3.63, 3.8) is 0 Å². The van der Waals surface area contributed by atoms with Crippen molar-refractivity contribution < 1.29 is 4.79 Å². The first-order valence-corrected chi connectivity index (χ1v) is 5.56. The average Bonchev–Trinajstić information content (AvgIpc) is 2.41. The molecule has 4 N–H and O–H groups in total. The number of aromatic nitrogens is 1. The Labute approximate surface area is 109 Å². The summed E-state index contributed by atoms with van der Waals surface area (Å²) < 4.78 is 0. The molecule has 0 fully saturated rings. The maximum absolute atomic E-state index is 11.4. The maximum atomic E-state index is 11.4. The first kappa shape index (κ1) is 12.3. The van der Waals surface area contributed by atoms with Gasteiger partial charge >= 0.3 is 0 Å². The molecule has 0 unspecified atom stereocenters. The van der Waals surface area contributed by atoms with E-state index in [-0.39, 0.29) is 5.91 Å². The van der Waals surface area contributed by atoms with Crippen LogP contribution in [0.2, 0.25) is 5.02 Å². The smallest absolute Gasteiger partial charge is 0.265 e. The second-order valence-corrected chi connectivity index (χ2v) is 3.97. The van der Waals surface area contributed by atoms with Crippen LogP contribution in [0.5, 0.6) is 0 Å². The molecule has 5 nitrogen and oxygen atoms in total. The first-order chi connectivity index (χ1) is 8.69. The van der Waals surface area contributed by atoms with Gasteiger partial charge in [-0.1, -0.05) is 11.6 Å². The number of anilines is 2. The largest absolute Gasteiger partial charge is 0.340 e. The van der Waals surface area contributed by atoms with E-state index >= 15 is 0 Å². The van der Waals surface area contributed by atoms with Crippen molar-refractivity contribution >= 4 is 29.0 Å². The summed E-state index contributed by atoms with van der Waals surface area (Å²) in [6.45, 7) is 0. The van der Waals surface area contributed by atoms with Gasteiger partial charge in [-0.15, -0.1) is 0 Å². The first-order valence-electron chi connectivity index (χ1n) is 5.18. The van der Waals surface area contributed by atoms with Gasteiger partial charge in [0.05, 0.1) is 0 Å². The third-order valence-corrected chi connectivity index (χ3v) is 2.52. The van der Waals surface area contributed by atoms with Gasteiger partial charge < -0.3 is 5.32 Å². The highest BCUT2D eigenvalue weighted by Crippen LogP contribution is 2.18. The topological polar surface area (TPSA) is 80.0 Å². The van der Waals surface area contributed by atoms with Gasteiger partial charge in [0, 0.05) is 22.5 Å². The summed E-state index contributed by atoms with van der Waals surface area (Å²) in [4.78, 5) is 15.5. The van der Waals surface area contributed by atoms with Crippen molar-refractivity contribution in [1.82, 2.24) is 10.4 Å². The lowest BCUT2D eigenvalue weighted by atomic mass is 10.2. The number of carbonyl (C=O) groups is 1. The molecule has 6 heteroatoms. The zero-order valence-corrected chi connectivity index (χ0v) is 10.1. The van der Waals surface area contributed by atoms with Crippen LogP contribution in [0.3, 0.4) is 0 Å². The quantitative estimate of drug-likeness (QED) is 0.449. The Morgan fingerprint density at radius 2 is 1.94 bits per heavy atom. The number of nitrogens with zero attached hydrogens (tertiary/aromatic N) is 1. The Morgan fingerprint density at radius 1 is 1.22 bits per heavy atom. The highest BCUT2D eigenvalue weighted by atomic mass is 35.5. The molecule has 1 aromatic heterocycles. The van der Waals surface area contributed by atoms with E-state index < -0.39 is 0 Å². The molecular formula is C12H11ClN4O. The molecule has 0 radical (unpaired) electrons. The minimum absolute atomic E-state index is 0.364. The fraction of sp³-hybridized carbons (Fsp3) is 0. The van der Waals surface area contributed by atoms with Gasteiger partial charge in [0.1, 0.15) is 5.82 Å². The summed E-state index contributed by atoms with van der Waals surface area (Å²) in [6.07, 6.45) is 1.53. The molecular weight excluding hydrogens is 252 g/mol. The number of halogens is 1. The zero-order chi connectivity index (χ0) is 13.0. The minimum atomic E-state index is -0.364. The molecule has 1 heterocycles. The van der Waals surface area contributed by atoms with E-state index in [1.807, 2.05) is 12.1 Å². The number of nitrogens with two attached hydrogens (primary N) is 1. The molecule has 0 atom stereocenters. The number of benzene rings is 1. The lowest BCUT2D eigenvalue weighted by Gasteiger charge is -2.06. The van der Waals surface area contributed by atoms with Crippen molar-refractivity contribution in [1.29, 1.82) is 0 Å². The van der Waals surface area contributed by atoms with E-state index in [0.29, 0.717) is 16.4 Å². The molecule has 0 spiro atoms. The van der Waals surface area contributed by atoms with Gasteiger partial charge in [0.2, 0.25) is 0 Å². The molecule has 0 saturated heterocycles. The van der Waals surface area contributed by atoms with E-state index in [2.05, 4.69) is 15.7 Å². The normalized spacial score (nSPS) is 9.89. The molecule has 2 rings (SSSR count). The van der Waals surface area contributed by atoms with Crippen LogP contribution < -0.4 is 16.6 Å². The number of carbonyl (C=O) groups excluding carboxylic acids is 1. The number of hydrazine groups is 1. The fourth-order valence-electron chi connectivity index (χ4n) is 1.40. The Kier molecular flexibility index (Phi) is 3.76. The lowest BCUT2D eigenvalue weighted by Crippen LogP contribution is -2.30. The van der Waals surface area contributed by atoms with Crippen molar-refractivity contribution in [3.8, 4) is 0 Å². The van der Waals surface area contributed by atoms with Gasteiger partial charge in [-0.3, -0.25) is 10.2 Å². The molecule has 0 aliphatic heterocycles. The molecule has 0 aliphatic carbocycles. The van der Waals surface area contributed by atoms with Crippen molar-refractivity contribution in [2.75, 3.05) is 5.32 Å². The monoisotopic (exact) mass is 262 g/mol.